The van der Waals surface area contributed by atoms with Gasteiger partial charge < -0.3 is 5.32 Å². The van der Waals surface area contributed by atoms with Crippen LogP contribution in [-0.2, 0) is 6.42 Å². The first-order chi connectivity index (χ1) is 8.33. The highest BCUT2D eigenvalue weighted by Crippen LogP contribution is 2.35. The lowest BCUT2D eigenvalue weighted by atomic mass is 9.94. The molecule has 1 N–H and O–H groups in total. The quantitative estimate of drug-likeness (QED) is 0.865. The number of rotatable bonds is 2. The van der Waals surface area contributed by atoms with Crippen molar-refractivity contribution in [2.75, 3.05) is 5.32 Å². The average molecular weight is 244 g/mol. The van der Waals surface area contributed by atoms with Gasteiger partial charge >= 0.3 is 0 Å². The van der Waals surface area contributed by atoms with Crippen LogP contribution in [-0.4, -0.2) is 4.98 Å². The van der Waals surface area contributed by atoms with Gasteiger partial charge in [-0.05, 0) is 55.3 Å². The number of thiophene rings is 1. The highest BCUT2D eigenvalue weighted by atomic mass is 32.1. The highest BCUT2D eigenvalue weighted by Gasteiger charge is 2.21. The van der Waals surface area contributed by atoms with E-state index in [1.807, 2.05) is 30.4 Å². The van der Waals surface area contributed by atoms with Gasteiger partial charge in [0.25, 0.3) is 0 Å². The summed E-state index contributed by atoms with van der Waals surface area (Å²) >= 11 is 1.88. The Kier molecular flexibility index (Phi) is 2.85. The van der Waals surface area contributed by atoms with Gasteiger partial charge in [0.15, 0.2) is 0 Å². The molecule has 0 radical (unpaired) electrons. The molecule has 0 bridgehead atoms. The average Bonchev–Trinajstić information content (AvgIpc) is 2.78. The molecule has 0 spiro atoms. The molecule has 0 aromatic carbocycles. The third-order valence-electron chi connectivity index (χ3n) is 3.26. The first kappa shape index (κ1) is 10.8. The number of hydrogen-bond donors (Lipinski definition) is 1. The molecule has 2 aromatic rings. The van der Waals surface area contributed by atoms with E-state index in [-0.39, 0.29) is 0 Å². The molecule has 88 valence electrons. The standard InChI is InChI=1S/C14H16N2S/c1-10-4-2-7-14(15-10)16-12-5-3-6-13-11(12)8-9-17-13/h2,4,7-9,12H,3,5-6H2,1H3,(H,15,16). The molecule has 0 aliphatic heterocycles. The maximum absolute atomic E-state index is 4.52. The van der Waals surface area contributed by atoms with Crippen LogP contribution in [0.4, 0.5) is 5.82 Å². The fourth-order valence-corrected chi connectivity index (χ4v) is 3.43. The Morgan fingerprint density at radius 3 is 3.18 bits per heavy atom. The van der Waals surface area contributed by atoms with E-state index in [1.54, 1.807) is 4.88 Å². The van der Waals surface area contributed by atoms with Gasteiger partial charge in [0.05, 0.1) is 6.04 Å². The van der Waals surface area contributed by atoms with Crippen molar-refractivity contribution in [3.8, 4) is 0 Å². The topological polar surface area (TPSA) is 24.9 Å². The lowest BCUT2D eigenvalue weighted by Crippen LogP contribution is -2.16. The van der Waals surface area contributed by atoms with Crippen molar-refractivity contribution in [2.45, 2.75) is 32.2 Å². The summed E-state index contributed by atoms with van der Waals surface area (Å²) in [6.45, 7) is 2.03. The SMILES string of the molecule is Cc1cccc(NC2CCCc3sccc32)n1. The second-order valence-corrected chi connectivity index (χ2v) is 5.55. The smallest absolute Gasteiger partial charge is 0.126 e. The fraction of sp³-hybridized carbons (Fsp3) is 0.357. The van der Waals surface area contributed by atoms with Crippen LogP contribution in [0.15, 0.2) is 29.6 Å². The van der Waals surface area contributed by atoms with Gasteiger partial charge in [0, 0.05) is 10.6 Å². The van der Waals surface area contributed by atoms with Crippen LogP contribution in [0.25, 0.3) is 0 Å². The highest BCUT2D eigenvalue weighted by molar-refractivity contribution is 7.10. The van der Waals surface area contributed by atoms with Gasteiger partial charge in [-0.25, -0.2) is 4.98 Å². The molecule has 3 rings (SSSR count). The molecule has 2 nitrogen and oxygen atoms in total. The zero-order valence-electron chi connectivity index (χ0n) is 9.94. The van der Waals surface area contributed by atoms with Crippen LogP contribution >= 0.6 is 11.3 Å². The molecule has 1 aliphatic carbocycles. The Bertz CT molecular complexity index is 518. The molecule has 3 heteroatoms. The number of aryl methyl sites for hydroxylation is 2. The van der Waals surface area contributed by atoms with Crippen molar-refractivity contribution >= 4 is 17.2 Å². The van der Waals surface area contributed by atoms with Crippen LogP contribution in [0.5, 0.6) is 0 Å². The lowest BCUT2D eigenvalue weighted by molar-refractivity contribution is 0.607. The lowest BCUT2D eigenvalue weighted by Gasteiger charge is -2.24. The largest absolute Gasteiger partial charge is 0.363 e. The molecule has 0 amide bonds. The summed E-state index contributed by atoms with van der Waals surface area (Å²) in [7, 11) is 0. The maximum atomic E-state index is 4.52. The van der Waals surface area contributed by atoms with Crippen LogP contribution in [0.3, 0.4) is 0 Å². The molecule has 0 saturated carbocycles. The van der Waals surface area contributed by atoms with Gasteiger partial charge in [-0.15, -0.1) is 11.3 Å². The number of hydrogen-bond acceptors (Lipinski definition) is 3. The molecule has 0 fully saturated rings. The summed E-state index contributed by atoms with van der Waals surface area (Å²) in [5, 5.41) is 5.76. The molecule has 17 heavy (non-hydrogen) atoms. The van der Waals surface area contributed by atoms with Gasteiger partial charge in [-0.1, -0.05) is 6.07 Å². The van der Waals surface area contributed by atoms with Gasteiger partial charge in [0.1, 0.15) is 5.82 Å². The molecule has 1 unspecified atom stereocenters. The van der Waals surface area contributed by atoms with E-state index in [2.05, 4.69) is 27.8 Å². The first-order valence-electron chi connectivity index (χ1n) is 6.09. The number of anilines is 1. The zero-order chi connectivity index (χ0) is 11.7. The van der Waals surface area contributed by atoms with Crippen LogP contribution in [0.1, 0.15) is 35.0 Å². The van der Waals surface area contributed by atoms with Crippen molar-refractivity contribution in [3.63, 3.8) is 0 Å². The Morgan fingerprint density at radius 2 is 2.29 bits per heavy atom. The Balaban J connectivity index is 1.84. The van der Waals surface area contributed by atoms with E-state index < -0.39 is 0 Å². The summed E-state index contributed by atoms with van der Waals surface area (Å²) in [5.74, 6) is 0.994. The summed E-state index contributed by atoms with van der Waals surface area (Å²) in [5.41, 5.74) is 2.54. The van der Waals surface area contributed by atoms with E-state index in [0.717, 1.165) is 11.5 Å². The van der Waals surface area contributed by atoms with Crippen LogP contribution in [0.2, 0.25) is 0 Å². The van der Waals surface area contributed by atoms with Gasteiger partial charge in [-0.2, -0.15) is 0 Å². The Hall–Kier alpha value is -1.35. The predicted molar refractivity (Wildman–Crippen MR) is 72.6 cm³/mol. The van der Waals surface area contributed by atoms with Crippen molar-refractivity contribution in [3.05, 3.63) is 45.8 Å². The van der Waals surface area contributed by atoms with Crippen molar-refractivity contribution < 1.29 is 0 Å². The summed E-state index contributed by atoms with van der Waals surface area (Å²) in [6, 6.07) is 8.84. The minimum atomic E-state index is 0.444. The summed E-state index contributed by atoms with van der Waals surface area (Å²) in [6.07, 6.45) is 3.72. The Morgan fingerprint density at radius 1 is 1.35 bits per heavy atom. The van der Waals surface area contributed by atoms with Crippen molar-refractivity contribution in [2.24, 2.45) is 0 Å². The van der Waals surface area contributed by atoms with E-state index >= 15 is 0 Å². The third-order valence-corrected chi connectivity index (χ3v) is 4.26. The fourth-order valence-electron chi connectivity index (χ4n) is 2.44. The van der Waals surface area contributed by atoms with Crippen molar-refractivity contribution in [1.29, 1.82) is 0 Å². The van der Waals surface area contributed by atoms with Crippen LogP contribution < -0.4 is 5.32 Å². The molecule has 2 aromatic heterocycles. The monoisotopic (exact) mass is 244 g/mol. The number of aromatic nitrogens is 1. The second-order valence-electron chi connectivity index (χ2n) is 4.55. The molecule has 1 aliphatic rings. The summed E-state index contributed by atoms with van der Waals surface area (Å²) < 4.78 is 0. The number of pyridine rings is 1. The molecule has 2 heterocycles. The molecule has 1 atom stereocenters. The van der Waals surface area contributed by atoms with E-state index in [1.165, 1.54) is 24.8 Å². The van der Waals surface area contributed by atoms with Crippen molar-refractivity contribution in [1.82, 2.24) is 4.98 Å². The minimum Gasteiger partial charge on any atom is -0.363 e. The Labute approximate surface area is 106 Å². The minimum absolute atomic E-state index is 0.444. The van der Waals surface area contributed by atoms with E-state index in [0.29, 0.717) is 6.04 Å². The maximum Gasteiger partial charge on any atom is 0.126 e. The second kappa shape index (κ2) is 4.49. The third kappa shape index (κ3) is 2.20. The van der Waals surface area contributed by atoms with Gasteiger partial charge in [-0.3, -0.25) is 0 Å². The predicted octanol–water partition coefficient (Wildman–Crippen LogP) is 3.94. The van der Waals surface area contributed by atoms with E-state index in [4.69, 9.17) is 0 Å². The van der Waals surface area contributed by atoms with E-state index in [9.17, 15) is 0 Å². The van der Waals surface area contributed by atoms with Crippen LogP contribution in [0, 0.1) is 6.92 Å². The first-order valence-corrected chi connectivity index (χ1v) is 6.97. The zero-order valence-corrected chi connectivity index (χ0v) is 10.8. The normalized spacial score (nSPS) is 18.8. The summed E-state index contributed by atoms with van der Waals surface area (Å²) in [4.78, 5) is 6.06. The molecular weight excluding hydrogens is 228 g/mol. The number of nitrogens with one attached hydrogen (secondary N) is 1. The number of fused-ring (bicyclic) bond motifs is 1. The molecular formula is C14H16N2S. The number of nitrogens with zero attached hydrogens (tertiary/aromatic N) is 1. The van der Waals surface area contributed by atoms with Gasteiger partial charge in [0.2, 0.25) is 0 Å². The molecule has 0 saturated heterocycles.